The molecule has 0 amide bonds. The highest BCUT2D eigenvalue weighted by Crippen LogP contribution is 2.31. The third-order valence-corrected chi connectivity index (χ3v) is 1.94. The van der Waals surface area contributed by atoms with Crippen LogP contribution in [0, 0.1) is 0 Å². The fraction of sp³-hybridized carbons (Fsp3) is 0.111. The van der Waals surface area contributed by atoms with E-state index in [2.05, 4.69) is 9.72 Å². The molecular formula is C9H5F3N2O3. The number of imidazole rings is 1. The average molecular weight is 246 g/mol. The van der Waals surface area contributed by atoms with Crippen molar-refractivity contribution < 1.29 is 27.8 Å². The maximum absolute atomic E-state index is 12.4. The highest BCUT2D eigenvalue weighted by Gasteiger charge is 2.35. The SMILES string of the molecule is O=C(O)Oc1cccc2[nH]c(C(F)(F)F)nc12. The number of ether oxygens (including phenoxy) is 1. The fourth-order valence-electron chi connectivity index (χ4n) is 1.32. The lowest BCUT2D eigenvalue weighted by atomic mass is 10.3. The largest absolute Gasteiger partial charge is 0.511 e. The number of alkyl halides is 3. The van der Waals surface area contributed by atoms with Crippen LogP contribution in [-0.2, 0) is 6.18 Å². The molecule has 0 aliphatic heterocycles. The number of hydrogen-bond acceptors (Lipinski definition) is 3. The molecule has 2 rings (SSSR count). The summed E-state index contributed by atoms with van der Waals surface area (Å²) in [6.07, 6.45) is -6.24. The van der Waals surface area contributed by atoms with E-state index in [0.717, 1.165) is 0 Å². The second kappa shape index (κ2) is 3.65. The molecule has 2 N–H and O–H groups in total. The van der Waals surface area contributed by atoms with Crippen LogP contribution < -0.4 is 4.74 Å². The minimum atomic E-state index is -4.63. The van der Waals surface area contributed by atoms with Gasteiger partial charge in [-0.3, -0.25) is 0 Å². The van der Waals surface area contributed by atoms with E-state index in [4.69, 9.17) is 5.11 Å². The van der Waals surface area contributed by atoms with Gasteiger partial charge in [-0.25, -0.2) is 9.78 Å². The van der Waals surface area contributed by atoms with Gasteiger partial charge < -0.3 is 14.8 Å². The molecule has 2 aromatic rings. The van der Waals surface area contributed by atoms with Crippen LogP contribution in [0.15, 0.2) is 18.2 Å². The Morgan fingerprint density at radius 3 is 2.71 bits per heavy atom. The molecule has 0 fully saturated rings. The molecule has 0 bridgehead atoms. The van der Waals surface area contributed by atoms with Crippen molar-refractivity contribution in [3.8, 4) is 5.75 Å². The van der Waals surface area contributed by atoms with Crippen molar-refractivity contribution in [2.45, 2.75) is 6.18 Å². The van der Waals surface area contributed by atoms with Gasteiger partial charge in [0.2, 0.25) is 5.82 Å². The van der Waals surface area contributed by atoms with Crippen molar-refractivity contribution >= 4 is 17.2 Å². The van der Waals surface area contributed by atoms with Gasteiger partial charge in [-0.05, 0) is 12.1 Å². The van der Waals surface area contributed by atoms with Crippen molar-refractivity contribution in [3.05, 3.63) is 24.0 Å². The molecule has 0 saturated heterocycles. The molecule has 8 heteroatoms. The Bertz CT molecular complexity index is 576. The van der Waals surface area contributed by atoms with Gasteiger partial charge in [-0.1, -0.05) is 6.07 Å². The Kier molecular flexibility index (Phi) is 2.41. The molecule has 0 aliphatic carbocycles. The second-order valence-corrected chi connectivity index (χ2v) is 3.10. The Hall–Kier alpha value is -2.25. The number of hydrogen-bond donors (Lipinski definition) is 2. The van der Waals surface area contributed by atoms with Crippen LogP contribution in [0.1, 0.15) is 5.82 Å². The molecule has 0 radical (unpaired) electrons. The Balaban J connectivity index is 2.57. The summed E-state index contributed by atoms with van der Waals surface area (Å²) < 4.78 is 41.4. The molecule has 0 aliphatic rings. The summed E-state index contributed by atoms with van der Waals surface area (Å²) in [7, 11) is 0. The van der Waals surface area contributed by atoms with Gasteiger partial charge >= 0.3 is 12.3 Å². The lowest BCUT2D eigenvalue weighted by molar-refractivity contribution is -0.144. The van der Waals surface area contributed by atoms with Crippen molar-refractivity contribution in [1.82, 2.24) is 9.97 Å². The molecule has 5 nitrogen and oxygen atoms in total. The van der Waals surface area contributed by atoms with Gasteiger partial charge in [-0.15, -0.1) is 0 Å². The molecule has 1 aromatic carbocycles. The first-order valence-electron chi connectivity index (χ1n) is 4.34. The van der Waals surface area contributed by atoms with Crippen molar-refractivity contribution in [2.24, 2.45) is 0 Å². The predicted molar refractivity (Wildman–Crippen MR) is 49.7 cm³/mol. The van der Waals surface area contributed by atoms with E-state index in [1.54, 1.807) is 0 Å². The highest BCUT2D eigenvalue weighted by molar-refractivity contribution is 5.83. The fourth-order valence-corrected chi connectivity index (χ4v) is 1.32. The second-order valence-electron chi connectivity index (χ2n) is 3.10. The zero-order chi connectivity index (χ0) is 12.6. The first-order chi connectivity index (χ1) is 7.88. The number of aromatic nitrogens is 2. The number of nitrogens with one attached hydrogen (secondary N) is 1. The Labute approximate surface area is 91.8 Å². The van der Waals surface area contributed by atoms with Gasteiger partial charge in [0.15, 0.2) is 5.75 Å². The van der Waals surface area contributed by atoms with Gasteiger partial charge in [0.25, 0.3) is 0 Å². The molecule has 1 heterocycles. The van der Waals surface area contributed by atoms with E-state index in [1.165, 1.54) is 18.2 Å². The minimum absolute atomic E-state index is 0.0519. The lowest BCUT2D eigenvalue weighted by Crippen LogP contribution is -2.07. The number of nitrogens with zero attached hydrogens (tertiary/aromatic N) is 1. The first kappa shape index (κ1) is 11.2. The number of carboxylic acid groups (broad SMARTS) is 1. The number of aromatic amines is 1. The summed E-state index contributed by atoms with van der Waals surface area (Å²) in [5, 5.41) is 8.41. The normalized spacial score (nSPS) is 11.7. The number of fused-ring (bicyclic) bond motifs is 1. The molecule has 0 saturated carbocycles. The quantitative estimate of drug-likeness (QED) is 0.599. The van der Waals surface area contributed by atoms with Crippen molar-refractivity contribution in [1.29, 1.82) is 0 Å². The summed E-state index contributed by atoms with van der Waals surface area (Å²) in [5.41, 5.74) is -0.127. The third kappa shape index (κ3) is 2.14. The van der Waals surface area contributed by atoms with E-state index >= 15 is 0 Å². The summed E-state index contributed by atoms with van der Waals surface area (Å²) in [4.78, 5) is 15.6. The van der Waals surface area contributed by atoms with E-state index in [1.807, 2.05) is 4.98 Å². The number of H-pyrrole nitrogens is 1. The standard InChI is InChI=1S/C9H5F3N2O3/c10-9(11,12)7-13-4-2-1-3-5(6(4)14-7)17-8(15)16/h1-3H,(H,13,14)(H,15,16). The van der Waals surface area contributed by atoms with Crippen LogP contribution >= 0.6 is 0 Å². The monoisotopic (exact) mass is 246 g/mol. The molecular weight excluding hydrogens is 241 g/mol. The van der Waals surface area contributed by atoms with Crippen LogP contribution in [0.5, 0.6) is 5.75 Å². The molecule has 90 valence electrons. The van der Waals surface area contributed by atoms with Crippen molar-refractivity contribution in [3.63, 3.8) is 0 Å². The highest BCUT2D eigenvalue weighted by atomic mass is 19.4. The lowest BCUT2D eigenvalue weighted by Gasteiger charge is -1.99. The molecule has 0 atom stereocenters. The molecule has 0 spiro atoms. The predicted octanol–water partition coefficient (Wildman–Crippen LogP) is 2.64. The summed E-state index contributed by atoms with van der Waals surface area (Å²) in [6.45, 7) is 0. The summed E-state index contributed by atoms with van der Waals surface area (Å²) in [6, 6.07) is 3.92. The van der Waals surface area contributed by atoms with Crippen LogP contribution in [0.2, 0.25) is 0 Å². The van der Waals surface area contributed by atoms with Crippen LogP contribution in [0.4, 0.5) is 18.0 Å². The van der Waals surface area contributed by atoms with E-state index in [-0.39, 0.29) is 16.8 Å². The number of carbonyl (C=O) groups is 1. The van der Waals surface area contributed by atoms with Crippen molar-refractivity contribution in [2.75, 3.05) is 0 Å². The van der Waals surface area contributed by atoms with Gasteiger partial charge in [0.05, 0.1) is 5.52 Å². The first-order valence-corrected chi connectivity index (χ1v) is 4.34. The zero-order valence-corrected chi connectivity index (χ0v) is 8.08. The number of halogens is 3. The molecule has 1 aromatic heterocycles. The van der Waals surface area contributed by atoms with Gasteiger partial charge in [0, 0.05) is 0 Å². The number of benzene rings is 1. The van der Waals surface area contributed by atoms with Crippen LogP contribution in [0.3, 0.4) is 0 Å². The summed E-state index contributed by atoms with van der Waals surface area (Å²) in [5.74, 6) is -1.45. The molecule has 17 heavy (non-hydrogen) atoms. The maximum Gasteiger partial charge on any atom is 0.511 e. The summed E-state index contributed by atoms with van der Waals surface area (Å²) >= 11 is 0. The van der Waals surface area contributed by atoms with Crippen LogP contribution in [-0.4, -0.2) is 21.2 Å². The van der Waals surface area contributed by atoms with Gasteiger partial charge in [0.1, 0.15) is 5.52 Å². The van der Waals surface area contributed by atoms with E-state index in [9.17, 15) is 18.0 Å². The van der Waals surface area contributed by atoms with Gasteiger partial charge in [-0.2, -0.15) is 13.2 Å². The smallest absolute Gasteiger partial charge is 0.449 e. The average Bonchev–Trinajstić information content (AvgIpc) is 2.60. The van der Waals surface area contributed by atoms with Crippen LogP contribution in [0.25, 0.3) is 11.0 Å². The molecule has 0 unspecified atom stereocenters. The van der Waals surface area contributed by atoms with E-state index < -0.39 is 18.2 Å². The topological polar surface area (TPSA) is 75.2 Å². The maximum atomic E-state index is 12.4. The Morgan fingerprint density at radius 1 is 1.41 bits per heavy atom. The van der Waals surface area contributed by atoms with E-state index in [0.29, 0.717) is 0 Å². The third-order valence-electron chi connectivity index (χ3n) is 1.94. The number of rotatable bonds is 1. The minimum Gasteiger partial charge on any atom is -0.449 e. The number of para-hydroxylation sites is 1. The Morgan fingerprint density at radius 2 is 2.12 bits per heavy atom. The zero-order valence-electron chi connectivity index (χ0n) is 8.08.